The number of nitrogens with zero attached hydrogens (tertiary/aromatic N) is 2. The SMILES string of the molecule is CCN(CCC#N)C(=O)CC1CCCN1. The molecule has 0 aromatic rings. The van der Waals surface area contributed by atoms with Crippen molar-refractivity contribution in [3.63, 3.8) is 0 Å². The summed E-state index contributed by atoms with van der Waals surface area (Å²) in [5.41, 5.74) is 0. The number of nitriles is 1. The number of hydrogen-bond donors (Lipinski definition) is 1. The summed E-state index contributed by atoms with van der Waals surface area (Å²) in [7, 11) is 0. The van der Waals surface area contributed by atoms with Crippen molar-refractivity contribution in [2.24, 2.45) is 0 Å². The van der Waals surface area contributed by atoms with Gasteiger partial charge in [0.15, 0.2) is 0 Å². The Bertz CT molecular complexity index is 241. The van der Waals surface area contributed by atoms with Crippen molar-refractivity contribution in [3.05, 3.63) is 0 Å². The number of rotatable bonds is 5. The van der Waals surface area contributed by atoms with Crippen LogP contribution < -0.4 is 5.32 Å². The topological polar surface area (TPSA) is 56.1 Å². The van der Waals surface area contributed by atoms with Crippen molar-refractivity contribution < 1.29 is 4.79 Å². The van der Waals surface area contributed by atoms with E-state index in [0.717, 1.165) is 13.0 Å². The first-order valence-corrected chi connectivity index (χ1v) is 5.66. The number of amides is 1. The van der Waals surface area contributed by atoms with Gasteiger partial charge >= 0.3 is 0 Å². The van der Waals surface area contributed by atoms with Gasteiger partial charge in [-0.1, -0.05) is 0 Å². The van der Waals surface area contributed by atoms with Crippen LogP contribution in [0, 0.1) is 11.3 Å². The molecule has 0 spiro atoms. The first-order valence-electron chi connectivity index (χ1n) is 5.66. The first-order chi connectivity index (χ1) is 7.27. The smallest absolute Gasteiger partial charge is 0.224 e. The Labute approximate surface area is 91.2 Å². The molecule has 0 bridgehead atoms. The average molecular weight is 209 g/mol. The van der Waals surface area contributed by atoms with Crippen LogP contribution in [-0.4, -0.2) is 36.5 Å². The van der Waals surface area contributed by atoms with Gasteiger partial charge in [-0.2, -0.15) is 5.26 Å². The van der Waals surface area contributed by atoms with E-state index < -0.39 is 0 Å². The summed E-state index contributed by atoms with van der Waals surface area (Å²) in [6.45, 7) is 4.26. The van der Waals surface area contributed by atoms with Crippen LogP contribution >= 0.6 is 0 Å². The van der Waals surface area contributed by atoms with Crippen molar-refractivity contribution >= 4 is 5.91 Å². The molecule has 0 radical (unpaired) electrons. The largest absolute Gasteiger partial charge is 0.342 e. The van der Waals surface area contributed by atoms with Crippen LogP contribution in [0.1, 0.15) is 32.6 Å². The minimum absolute atomic E-state index is 0.173. The van der Waals surface area contributed by atoms with E-state index in [-0.39, 0.29) is 5.91 Å². The Kier molecular flexibility index (Phi) is 5.13. The van der Waals surface area contributed by atoms with Gasteiger partial charge in [0.1, 0.15) is 0 Å². The molecule has 4 heteroatoms. The van der Waals surface area contributed by atoms with Crippen molar-refractivity contribution in [2.45, 2.75) is 38.6 Å². The molecule has 0 aromatic carbocycles. The summed E-state index contributed by atoms with van der Waals surface area (Å²) < 4.78 is 0. The Morgan fingerprint density at radius 2 is 2.47 bits per heavy atom. The van der Waals surface area contributed by atoms with Gasteiger partial charge in [-0.05, 0) is 26.3 Å². The maximum Gasteiger partial charge on any atom is 0.224 e. The quantitative estimate of drug-likeness (QED) is 0.731. The first kappa shape index (κ1) is 12.0. The van der Waals surface area contributed by atoms with Gasteiger partial charge in [-0.3, -0.25) is 4.79 Å². The summed E-state index contributed by atoms with van der Waals surface area (Å²) in [6.07, 6.45) is 3.28. The minimum atomic E-state index is 0.173. The zero-order chi connectivity index (χ0) is 11.1. The third-order valence-corrected chi connectivity index (χ3v) is 2.81. The number of carbonyl (C=O) groups is 1. The predicted octanol–water partition coefficient (Wildman–Crippen LogP) is 0.891. The zero-order valence-corrected chi connectivity index (χ0v) is 9.33. The second-order valence-electron chi connectivity index (χ2n) is 3.88. The average Bonchev–Trinajstić information content (AvgIpc) is 2.71. The Morgan fingerprint density at radius 3 is 3.00 bits per heavy atom. The van der Waals surface area contributed by atoms with Crippen LogP contribution in [-0.2, 0) is 4.79 Å². The normalized spacial score (nSPS) is 19.9. The van der Waals surface area contributed by atoms with Gasteiger partial charge in [0.25, 0.3) is 0 Å². The molecule has 15 heavy (non-hydrogen) atoms. The molecular formula is C11H19N3O. The van der Waals surface area contributed by atoms with Gasteiger partial charge in [0, 0.05) is 25.6 Å². The fraction of sp³-hybridized carbons (Fsp3) is 0.818. The third kappa shape index (κ3) is 3.88. The Hall–Kier alpha value is -1.08. The highest BCUT2D eigenvalue weighted by atomic mass is 16.2. The number of hydrogen-bond acceptors (Lipinski definition) is 3. The molecule has 1 unspecified atom stereocenters. The van der Waals surface area contributed by atoms with Gasteiger partial charge in [0.05, 0.1) is 12.5 Å². The Balaban J connectivity index is 2.32. The standard InChI is InChI=1S/C11H19N3O/c1-2-14(8-4-6-12)11(15)9-10-5-3-7-13-10/h10,13H,2-5,7-9H2,1H3. The van der Waals surface area contributed by atoms with Gasteiger partial charge in [-0.15, -0.1) is 0 Å². The molecule has 1 aliphatic rings. The lowest BCUT2D eigenvalue weighted by Crippen LogP contribution is -2.36. The van der Waals surface area contributed by atoms with Crippen LogP contribution in [0.4, 0.5) is 0 Å². The fourth-order valence-electron chi connectivity index (χ4n) is 1.91. The monoisotopic (exact) mass is 209 g/mol. The summed E-state index contributed by atoms with van der Waals surface area (Å²) >= 11 is 0. The van der Waals surface area contributed by atoms with Crippen molar-refractivity contribution in [1.82, 2.24) is 10.2 Å². The van der Waals surface area contributed by atoms with E-state index in [1.54, 1.807) is 4.90 Å². The van der Waals surface area contributed by atoms with Crippen LogP contribution in [0.2, 0.25) is 0 Å². The van der Waals surface area contributed by atoms with Gasteiger partial charge in [-0.25, -0.2) is 0 Å². The predicted molar refractivity (Wildman–Crippen MR) is 58.1 cm³/mol. The third-order valence-electron chi connectivity index (χ3n) is 2.81. The maximum atomic E-state index is 11.8. The lowest BCUT2D eigenvalue weighted by atomic mass is 10.1. The number of nitrogens with one attached hydrogen (secondary N) is 1. The highest BCUT2D eigenvalue weighted by molar-refractivity contribution is 5.76. The lowest BCUT2D eigenvalue weighted by Gasteiger charge is -2.21. The van der Waals surface area contributed by atoms with Crippen molar-refractivity contribution in [1.29, 1.82) is 5.26 Å². The van der Waals surface area contributed by atoms with E-state index in [1.807, 2.05) is 6.92 Å². The molecule has 1 heterocycles. The zero-order valence-electron chi connectivity index (χ0n) is 9.33. The van der Waals surface area contributed by atoms with Crippen LogP contribution in [0.3, 0.4) is 0 Å². The van der Waals surface area contributed by atoms with E-state index in [9.17, 15) is 4.79 Å². The van der Waals surface area contributed by atoms with Gasteiger partial charge in [0.2, 0.25) is 5.91 Å². The second-order valence-corrected chi connectivity index (χ2v) is 3.88. The molecule has 1 N–H and O–H groups in total. The van der Waals surface area contributed by atoms with Crippen molar-refractivity contribution in [3.8, 4) is 6.07 Å². The molecule has 1 amide bonds. The lowest BCUT2D eigenvalue weighted by molar-refractivity contribution is -0.131. The summed E-state index contributed by atoms with van der Waals surface area (Å²) in [4.78, 5) is 13.6. The van der Waals surface area contributed by atoms with E-state index in [2.05, 4.69) is 11.4 Å². The highest BCUT2D eigenvalue weighted by Crippen LogP contribution is 2.10. The minimum Gasteiger partial charge on any atom is -0.342 e. The molecule has 4 nitrogen and oxygen atoms in total. The van der Waals surface area contributed by atoms with Gasteiger partial charge < -0.3 is 10.2 Å². The molecule has 1 aliphatic heterocycles. The second kappa shape index (κ2) is 6.41. The van der Waals surface area contributed by atoms with Crippen LogP contribution in [0.5, 0.6) is 0 Å². The molecular weight excluding hydrogens is 190 g/mol. The molecule has 1 saturated heterocycles. The highest BCUT2D eigenvalue weighted by Gasteiger charge is 2.20. The summed E-state index contributed by atoms with van der Waals surface area (Å²) in [5.74, 6) is 0.173. The summed E-state index contributed by atoms with van der Waals surface area (Å²) in [5, 5.41) is 11.8. The molecule has 1 atom stereocenters. The molecule has 0 saturated carbocycles. The van der Waals surface area contributed by atoms with E-state index >= 15 is 0 Å². The van der Waals surface area contributed by atoms with E-state index in [1.165, 1.54) is 6.42 Å². The summed E-state index contributed by atoms with van der Waals surface area (Å²) in [6, 6.07) is 2.43. The fourth-order valence-corrected chi connectivity index (χ4v) is 1.91. The van der Waals surface area contributed by atoms with Crippen LogP contribution in [0.15, 0.2) is 0 Å². The van der Waals surface area contributed by atoms with E-state index in [4.69, 9.17) is 5.26 Å². The molecule has 84 valence electrons. The van der Waals surface area contributed by atoms with Crippen molar-refractivity contribution in [2.75, 3.05) is 19.6 Å². The Morgan fingerprint density at radius 1 is 1.67 bits per heavy atom. The molecule has 1 fully saturated rings. The molecule has 0 aliphatic carbocycles. The maximum absolute atomic E-state index is 11.8. The number of carbonyl (C=O) groups excluding carboxylic acids is 1. The van der Waals surface area contributed by atoms with Crippen LogP contribution in [0.25, 0.3) is 0 Å². The molecule has 0 aromatic heterocycles. The van der Waals surface area contributed by atoms with E-state index in [0.29, 0.717) is 32.0 Å². The molecule has 1 rings (SSSR count).